The van der Waals surface area contributed by atoms with Crippen molar-refractivity contribution in [2.45, 2.75) is 63.6 Å². The van der Waals surface area contributed by atoms with Gasteiger partial charge in [0.25, 0.3) is 0 Å². The minimum atomic E-state index is -1.37. The molecule has 4 aliphatic rings. The van der Waals surface area contributed by atoms with Gasteiger partial charge in [-0.25, -0.2) is 0 Å². The Morgan fingerprint density at radius 2 is 1.57 bits per heavy atom. The molecule has 4 fully saturated rings. The second kappa shape index (κ2) is 5.15. The van der Waals surface area contributed by atoms with Gasteiger partial charge in [-0.1, -0.05) is 31.6 Å². The van der Waals surface area contributed by atoms with E-state index in [0.717, 1.165) is 23.3 Å². The Morgan fingerprint density at radius 1 is 1.00 bits per heavy atom. The van der Waals surface area contributed by atoms with E-state index in [0.29, 0.717) is 5.75 Å². The van der Waals surface area contributed by atoms with Gasteiger partial charge in [-0.2, -0.15) is 0 Å². The van der Waals surface area contributed by atoms with Crippen molar-refractivity contribution in [2.75, 3.05) is 0 Å². The van der Waals surface area contributed by atoms with Crippen LogP contribution in [-0.4, -0.2) is 13.2 Å². The molecule has 0 unspecified atom stereocenters. The van der Waals surface area contributed by atoms with E-state index in [9.17, 15) is 5.11 Å². The number of aromatic hydroxyl groups is 1. The number of benzene rings is 1. The fourth-order valence-electron chi connectivity index (χ4n) is 5.76. The molecule has 0 spiro atoms. The third-order valence-corrected chi connectivity index (χ3v) is 7.06. The Balaban J connectivity index is 1.66. The molecule has 5 rings (SSSR count). The summed E-state index contributed by atoms with van der Waals surface area (Å²) in [5.41, 5.74) is 5.85. The number of phenolic OH excluding ortho intramolecular Hbond substituents is 1. The molecule has 0 heterocycles. The fraction of sp³-hybridized carbons (Fsp3) is 0.619. The molecule has 0 radical (unpaired) electrons. The van der Waals surface area contributed by atoms with Crippen molar-refractivity contribution in [1.29, 1.82) is 0 Å². The summed E-state index contributed by atoms with van der Waals surface area (Å²) in [5, 5.41) is 10.7. The minimum Gasteiger partial charge on any atom is -0.508 e. The first-order chi connectivity index (χ1) is 10.8. The second-order valence-electron chi connectivity index (χ2n) is 9.43. The van der Waals surface area contributed by atoms with E-state index in [2.05, 4.69) is 43.2 Å². The highest BCUT2D eigenvalue weighted by Gasteiger charge is 2.52. The van der Waals surface area contributed by atoms with Crippen molar-refractivity contribution in [3.05, 3.63) is 29.3 Å². The zero-order valence-corrected chi connectivity index (χ0v) is 15.7. The van der Waals surface area contributed by atoms with Crippen LogP contribution in [0.25, 0.3) is 0 Å². The smallest absolute Gasteiger partial charge is 0.129 e. The van der Waals surface area contributed by atoms with Crippen molar-refractivity contribution < 1.29 is 5.11 Å². The fourth-order valence-corrected chi connectivity index (χ4v) is 6.28. The standard InChI is InChI=1S/C21H28OSi/c1-23(2,3)7-6-15-4-5-19(20(22)11-15)21-12-16-8-17(13-21)10-18(9-16)14-21/h4-5,11,16-18,22H,8-10,12-14H2,1-3H3. The predicted octanol–water partition coefficient (Wildman–Crippen LogP) is 5.09. The Kier molecular flexibility index (Phi) is 3.43. The summed E-state index contributed by atoms with van der Waals surface area (Å²) >= 11 is 0. The van der Waals surface area contributed by atoms with Crippen LogP contribution in [-0.2, 0) is 5.41 Å². The van der Waals surface area contributed by atoms with Crippen LogP contribution in [0, 0.1) is 29.2 Å². The highest BCUT2D eigenvalue weighted by atomic mass is 28.3. The molecule has 1 N–H and O–H groups in total. The lowest BCUT2D eigenvalue weighted by atomic mass is 9.48. The van der Waals surface area contributed by atoms with Gasteiger partial charge in [0.15, 0.2) is 0 Å². The molecule has 0 amide bonds. The quantitative estimate of drug-likeness (QED) is 0.563. The molecule has 4 saturated carbocycles. The zero-order valence-electron chi connectivity index (χ0n) is 14.7. The summed E-state index contributed by atoms with van der Waals surface area (Å²) in [4.78, 5) is 0. The van der Waals surface area contributed by atoms with E-state index in [-0.39, 0.29) is 5.41 Å². The maximum absolute atomic E-state index is 10.7. The first-order valence-corrected chi connectivity index (χ1v) is 12.7. The summed E-state index contributed by atoms with van der Waals surface area (Å²) < 4.78 is 0. The van der Waals surface area contributed by atoms with Crippen LogP contribution in [0.15, 0.2) is 18.2 Å². The summed E-state index contributed by atoms with van der Waals surface area (Å²) in [6, 6.07) is 6.25. The van der Waals surface area contributed by atoms with Gasteiger partial charge in [0.1, 0.15) is 13.8 Å². The van der Waals surface area contributed by atoms with E-state index in [1.54, 1.807) is 0 Å². The Labute approximate surface area is 141 Å². The Bertz CT molecular complexity index is 651. The van der Waals surface area contributed by atoms with Crippen LogP contribution in [0.3, 0.4) is 0 Å². The highest BCUT2D eigenvalue weighted by Crippen LogP contribution is 2.61. The molecule has 1 aromatic rings. The van der Waals surface area contributed by atoms with Gasteiger partial charge in [-0.15, -0.1) is 5.54 Å². The molecule has 2 heteroatoms. The van der Waals surface area contributed by atoms with Crippen LogP contribution < -0.4 is 0 Å². The molecule has 23 heavy (non-hydrogen) atoms. The third-order valence-electron chi connectivity index (χ3n) is 6.19. The Hall–Kier alpha value is -1.20. The summed E-state index contributed by atoms with van der Waals surface area (Å²) in [5.74, 6) is 6.50. The second-order valence-corrected chi connectivity index (χ2v) is 14.2. The van der Waals surface area contributed by atoms with Gasteiger partial charge in [-0.3, -0.25) is 0 Å². The molecule has 4 bridgehead atoms. The molecule has 1 nitrogen and oxygen atoms in total. The summed E-state index contributed by atoms with van der Waals surface area (Å²) in [6.45, 7) is 6.76. The Morgan fingerprint density at radius 3 is 2.04 bits per heavy atom. The lowest BCUT2D eigenvalue weighted by molar-refractivity contribution is -0.00613. The van der Waals surface area contributed by atoms with Gasteiger partial charge < -0.3 is 5.11 Å². The van der Waals surface area contributed by atoms with Crippen molar-refractivity contribution >= 4 is 8.07 Å². The molecule has 0 aliphatic heterocycles. The molecular weight excluding hydrogens is 296 g/mol. The van der Waals surface area contributed by atoms with Crippen LogP contribution in [0.4, 0.5) is 0 Å². The average Bonchev–Trinajstić information content (AvgIpc) is 2.42. The molecule has 0 saturated heterocycles. The summed E-state index contributed by atoms with van der Waals surface area (Å²) in [7, 11) is -1.37. The molecular formula is C21H28OSi. The van der Waals surface area contributed by atoms with Gasteiger partial charge in [0.05, 0.1) is 0 Å². The lowest BCUT2D eigenvalue weighted by Gasteiger charge is -2.57. The normalized spacial score (nSPS) is 35.0. The topological polar surface area (TPSA) is 20.2 Å². The summed E-state index contributed by atoms with van der Waals surface area (Å²) in [6.07, 6.45) is 8.23. The molecule has 122 valence electrons. The van der Waals surface area contributed by atoms with Crippen LogP contribution in [0.1, 0.15) is 49.7 Å². The van der Waals surface area contributed by atoms with Gasteiger partial charge in [-0.05, 0) is 73.8 Å². The van der Waals surface area contributed by atoms with Crippen LogP contribution in [0.5, 0.6) is 5.75 Å². The zero-order chi connectivity index (χ0) is 16.2. The van der Waals surface area contributed by atoms with E-state index in [1.807, 2.05) is 6.07 Å². The number of hydrogen-bond donors (Lipinski definition) is 1. The molecule has 0 atom stereocenters. The van der Waals surface area contributed by atoms with Crippen molar-refractivity contribution in [3.63, 3.8) is 0 Å². The maximum Gasteiger partial charge on any atom is 0.129 e. The van der Waals surface area contributed by atoms with E-state index < -0.39 is 8.07 Å². The van der Waals surface area contributed by atoms with Gasteiger partial charge >= 0.3 is 0 Å². The van der Waals surface area contributed by atoms with Gasteiger partial charge in [0.2, 0.25) is 0 Å². The molecule has 0 aromatic heterocycles. The molecule has 4 aliphatic carbocycles. The van der Waals surface area contributed by atoms with Crippen LogP contribution in [0.2, 0.25) is 19.6 Å². The monoisotopic (exact) mass is 324 g/mol. The maximum atomic E-state index is 10.7. The minimum absolute atomic E-state index is 0.267. The predicted molar refractivity (Wildman–Crippen MR) is 98.2 cm³/mol. The van der Waals surface area contributed by atoms with E-state index >= 15 is 0 Å². The molecule has 1 aromatic carbocycles. The van der Waals surface area contributed by atoms with E-state index in [1.165, 1.54) is 44.1 Å². The van der Waals surface area contributed by atoms with Crippen molar-refractivity contribution in [3.8, 4) is 17.2 Å². The average molecular weight is 325 g/mol. The van der Waals surface area contributed by atoms with E-state index in [4.69, 9.17) is 0 Å². The third kappa shape index (κ3) is 2.85. The first-order valence-electron chi connectivity index (χ1n) is 9.20. The highest BCUT2D eigenvalue weighted by molar-refractivity contribution is 6.83. The SMILES string of the molecule is C[Si](C)(C)C#Cc1ccc(C23CC4CC(CC(C4)C2)C3)c(O)c1. The largest absolute Gasteiger partial charge is 0.508 e. The van der Waals surface area contributed by atoms with Crippen LogP contribution >= 0.6 is 0 Å². The number of rotatable bonds is 1. The lowest BCUT2D eigenvalue weighted by Crippen LogP contribution is -2.48. The number of hydrogen-bond acceptors (Lipinski definition) is 1. The number of phenols is 1. The first kappa shape index (κ1) is 15.3. The van der Waals surface area contributed by atoms with Crippen molar-refractivity contribution in [2.24, 2.45) is 17.8 Å². The van der Waals surface area contributed by atoms with Crippen molar-refractivity contribution in [1.82, 2.24) is 0 Å². The van der Waals surface area contributed by atoms with Gasteiger partial charge in [0, 0.05) is 11.1 Å².